The molecule has 0 bridgehead atoms. The maximum atomic E-state index is 12.4. The van der Waals surface area contributed by atoms with Crippen LogP contribution in [0.4, 0.5) is 0 Å². The fourth-order valence-corrected chi connectivity index (χ4v) is 3.30. The van der Waals surface area contributed by atoms with Crippen LogP contribution in [-0.2, 0) is 9.53 Å². The average Bonchev–Trinajstić information content (AvgIpc) is 2.70. The fraction of sp³-hybridized carbons (Fsp3) is 0.526. The van der Waals surface area contributed by atoms with Gasteiger partial charge >= 0.3 is 0 Å². The first-order valence-electron chi connectivity index (χ1n) is 9.11. The number of piperidine rings is 1. The van der Waals surface area contributed by atoms with Gasteiger partial charge in [-0.15, -0.1) is 0 Å². The number of hydrogen-bond donors (Lipinski definition) is 2. The van der Waals surface area contributed by atoms with Crippen molar-refractivity contribution < 1.29 is 19.4 Å². The van der Waals surface area contributed by atoms with Gasteiger partial charge in [0.2, 0.25) is 5.91 Å². The van der Waals surface area contributed by atoms with Crippen molar-refractivity contribution in [2.24, 2.45) is 0 Å². The summed E-state index contributed by atoms with van der Waals surface area (Å²) in [6.07, 6.45) is 7.69. The first-order valence-corrected chi connectivity index (χ1v) is 9.11. The summed E-state index contributed by atoms with van der Waals surface area (Å²) >= 11 is 0. The van der Waals surface area contributed by atoms with Gasteiger partial charge in [0.25, 0.3) is 5.91 Å². The van der Waals surface area contributed by atoms with Crippen LogP contribution in [0.25, 0.3) is 0 Å². The third kappa shape index (κ3) is 4.68. The minimum Gasteiger partial charge on any atom is -0.394 e. The molecule has 1 aromatic heterocycles. The third-order valence-corrected chi connectivity index (χ3v) is 4.74. The van der Waals surface area contributed by atoms with Crippen LogP contribution in [-0.4, -0.2) is 64.8 Å². The molecule has 7 heteroatoms. The molecule has 1 saturated heterocycles. The molecule has 0 aromatic carbocycles. The van der Waals surface area contributed by atoms with E-state index in [9.17, 15) is 14.7 Å². The Morgan fingerprint density at radius 1 is 1.23 bits per heavy atom. The summed E-state index contributed by atoms with van der Waals surface area (Å²) in [6, 6.07) is 4.63. The monoisotopic (exact) mass is 359 g/mol. The third-order valence-electron chi connectivity index (χ3n) is 4.74. The molecule has 2 aliphatic rings. The van der Waals surface area contributed by atoms with Crippen molar-refractivity contribution in [3.8, 4) is 0 Å². The van der Waals surface area contributed by atoms with Crippen LogP contribution < -0.4 is 5.32 Å². The van der Waals surface area contributed by atoms with E-state index in [1.165, 1.54) is 6.42 Å². The highest BCUT2D eigenvalue weighted by atomic mass is 16.5. The first-order chi connectivity index (χ1) is 12.7. The second-order valence-electron chi connectivity index (χ2n) is 6.64. The van der Waals surface area contributed by atoms with Crippen molar-refractivity contribution in [1.29, 1.82) is 0 Å². The number of nitrogens with one attached hydrogen (secondary N) is 1. The lowest BCUT2D eigenvalue weighted by Crippen LogP contribution is -2.49. The molecule has 3 heterocycles. The van der Waals surface area contributed by atoms with Gasteiger partial charge in [-0.2, -0.15) is 0 Å². The Hall–Kier alpha value is -2.25. The van der Waals surface area contributed by atoms with E-state index >= 15 is 0 Å². The number of aliphatic hydroxyl groups is 1. The lowest BCUT2D eigenvalue weighted by atomic mass is 10.0. The summed E-state index contributed by atoms with van der Waals surface area (Å²) in [7, 11) is 0. The standard InChI is InChI=1S/C19H25N3O4/c23-13-17-15(21-19(25)16-6-2-3-9-20-16)8-7-14(26-17)12-18(24)22-10-4-1-5-11-22/h2-3,6-9,14-15,17,23H,1,4-5,10-13H2,(H,21,25)/t14-,15+,17+/m1/s1. The Kier molecular flexibility index (Phi) is 6.35. The lowest BCUT2D eigenvalue weighted by Gasteiger charge is -2.33. The number of aromatic nitrogens is 1. The van der Waals surface area contributed by atoms with E-state index < -0.39 is 12.1 Å². The quantitative estimate of drug-likeness (QED) is 0.762. The van der Waals surface area contributed by atoms with Crippen LogP contribution in [0, 0.1) is 0 Å². The van der Waals surface area contributed by atoms with E-state index in [0.29, 0.717) is 5.69 Å². The molecule has 3 atom stereocenters. The molecule has 0 spiro atoms. The molecule has 2 amide bonds. The molecule has 3 rings (SSSR count). The van der Waals surface area contributed by atoms with Gasteiger partial charge in [-0.05, 0) is 31.4 Å². The van der Waals surface area contributed by atoms with Crippen LogP contribution in [0.5, 0.6) is 0 Å². The maximum absolute atomic E-state index is 12.4. The lowest BCUT2D eigenvalue weighted by molar-refractivity contribution is -0.136. The van der Waals surface area contributed by atoms with Crippen molar-refractivity contribution in [2.75, 3.05) is 19.7 Å². The van der Waals surface area contributed by atoms with E-state index in [2.05, 4.69) is 10.3 Å². The molecule has 0 saturated carbocycles. The van der Waals surface area contributed by atoms with E-state index in [-0.39, 0.29) is 30.9 Å². The zero-order valence-corrected chi connectivity index (χ0v) is 14.7. The minimum absolute atomic E-state index is 0.0759. The summed E-state index contributed by atoms with van der Waals surface area (Å²) in [5, 5.41) is 12.4. The topological polar surface area (TPSA) is 91.8 Å². The van der Waals surface area contributed by atoms with Gasteiger partial charge in [0.05, 0.1) is 25.2 Å². The number of ether oxygens (including phenoxy) is 1. The molecule has 7 nitrogen and oxygen atoms in total. The number of aliphatic hydroxyl groups excluding tert-OH is 1. The molecule has 26 heavy (non-hydrogen) atoms. The zero-order chi connectivity index (χ0) is 18.4. The van der Waals surface area contributed by atoms with E-state index in [1.807, 2.05) is 4.90 Å². The molecule has 0 unspecified atom stereocenters. The average molecular weight is 359 g/mol. The van der Waals surface area contributed by atoms with Crippen molar-refractivity contribution in [2.45, 2.75) is 43.9 Å². The number of carbonyl (C=O) groups is 2. The molecule has 140 valence electrons. The largest absolute Gasteiger partial charge is 0.394 e. The number of pyridine rings is 1. The van der Waals surface area contributed by atoms with Gasteiger partial charge in [-0.1, -0.05) is 18.2 Å². The molecule has 2 N–H and O–H groups in total. The van der Waals surface area contributed by atoms with Gasteiger partial charge in [0.1, 0.15) is 11.8 Å². The van der Waals surface area contributed by atoms with Gasteiger partial charge < -0.3 is 20.1 Å². The SMILES string of the molecule is O=C(N[C@H]1C=C[C@H](CC(=O)N2CCCCC2)O[C@H]1CO)c1ccccn1. The number of hydrogen-bond acceptors (Lipinski definition) is 5. The molecule has 1 fully saturated rings. The molecular weight excluding hydrogens is 334 g/mol. The fourth-order valence-electron chi connectivity index (χ4n) is 3.30. The first kappa shape index (κ1) is 18.5. The summed E-state index contributed by atoms with van der Waals surface area (Å²) in [6.45, 7) is 1.37. The van der Waals surface area contributed by atoms with Crippen molar-refractivity contribution in [3.05, 3.63) is 42.2 Å². The van der Waals surface area contributed by atoms with E-state index in [1.54, 1.807) is 36.5 Å². The predicted octanol–water partition coefficient (Wildman–Crippen LogP) is 0.898. The number of nitrogens with zero attached hydrogens (tertiary/aromatic N) is 2. The number of rotatable bonds is 5. The van der Waals surface area contributed by atoms with Gasteiger partial charge in [-0.25, -0.2) is 0 Å². The predicted molar refractivity (Wildman–Crippen MR) is 95.4 cm³/mol. The Balaban J connectivity index is 1.57. The van der Waals surface area contributed by atoms with Gasteiger partial charge in [0, 0.05) is 19.3 Å². The van der Waals surface area contributed by atoms with Crippen LogP contribution in [0.15, 0.2) is 36.5 Å². The summed E-state index contributed by atoms with van der Waals surface area (Å²) < 4.78 is 5.83. The van der Waals surface area contributed by atoms with E-state index in [0.717, 1.165) is 25.9 Å². The van der Waals surface area contributed by atoms with Crippen LogP contribution in [0.2, 0.25) is 0 Å². The van der Waals surface area contributed by atoms with Crippen molar-refractivity contribution in [1.82, 2.24) is 15.2 Å². The van der Waals surface area contributed by atoms with Gasteiger partial charge in [0.15, 0.2) is 0 Å². The molecule has 0 radical (unpaired) electrons. The Labute approximate surface area is 153 Å². The second-order valence-corrected chi connectivity index (χ2v) is 6.64. The summed E-state index contributed by atoms with van der Waals surface area (Å²) in [5.74, 6) is -0.253. The van der Waals surface area contributed by atoms with Crippen LogP contribution in [0.3, 0.4) is 0 Å². The Bertz CT molecular complexity index is 643. The van der Waals surface area contributed by atoms with Crippen molar-refractivity contribution in [3.63, 3.8) is 0 Å². The molecule has 1 aromatic rings. The second kappa shape index (κ2) is 8.91. The van der Waals surface area contributed by atoms with E-state index in [4.69, 9.17) is 4.74 Å². The number of carbonyl (C=O) groups excluding carboxylic acids is 2. The van der Waals surface area contributed by atoms with Crippen molar-refractivity contribution >= 4 is 11.8 Å². The normalized spacial score (nSPS) is 25.7. The summed E-state index contributed by atoms with van der Waals surface area (Å²) in [4.78, 5) is 30.5. The highest BCUT2D eigenvalue weighted by Crippen LogP contribution is 2.18. The highest BCUT2D eigenvalue weighted by molar-refractivity contribution is 5.92. The Morgan fingerprint density at radius 2 is 2.04 bits per heavy atom. The zero-order valence-electron chi connectivity index (χ0n) is 14.7. The maximum Gasteiger partial charge on any atom is 0.270 e. The Morgan fingerprint density at radius 3 is 2.73 bits per heavy atom. The smallest absolute Gasteiger partial charge is 0.270 e. The molecular formula is C19H25N3O4. The summed E-state index contributed by atoms with van der Waals surface area (Å²) in [5.41, 5.74) is 0.306. The highest BCUT2D eigenvalue weighted by Gasteiger charge is 2.30. The van der Waals surface area contributed by atoms with Gasteiger partial charge in [-0.3, -0.25) is 14.6 Å². The molecule has 2 aliphatic heterocycles. The number of likely N-dealkylation sites (tertiary alicyclic amines) is 1. The van der Waals surface area contributed by atoms with Crippen LogP contribution in [0.1, 0.15) is 36.2 Å². The van der Waals surface area contributed by atoms with Crippen LogP contribution >= 0.6 is 0 Å². The number of amides is 2. The molecule has 0 aliphatic carbocycles. The minimum atomic E-state index is -0.591.